The Labute approximate surface area is 128 Å². The van der Waals surface area contributed by atoms with Gasteiger partial charge in [0.25, 0.3) is 0 Å². The van der Waals surface area contributed by atoms with Crippen LogP contribution < -0.4 is 0 Å². The van der Waals surface area contributed by atoms with Crippen LogP contribution in [0.1, 0.15) is 39.4 Å². The molecule has 0 atom stereocenters. The van der Waals surface area contributed by atoms with Gasteiger partial charge in [-0.1, -0.05) is 0 Å². The first-order chi connectivity index (χ1) is 9.99. The molecule has 6 heteroatoms. The SMILES string of the molecule is C=NCc1cc(C)sc1-n1c(C)nc(C(=O)OCC)c1C. The van der Waals surface area contributed by atoms with Crippen LogP contribution in [0.15, 0.2) is 11.1 Å². The number of imidazole rings is 1. The quantitative estimate of drug-likeness (QED) is 0.629. The Balaban J connectivity index is 2.55. The van der Waals surface area contributed by atoms with Crippen molar-refractivity contribution >= 4 is 24.0 Å². The summed E-state index contributed by atoms with van der Waals surface area (Å²) in [6, 6.07) is 2.09. The Morgan fingerprint density at radius 1 is 1.48 bits per heavy atom. The molecule has 112 valence electrons. The van der Waals surface area contributed by atoms with Crippen molar-refractivity contribution in [1.82, 2.24) is 9.55 Å². The number of aromatic nitrogens is 2. The molecule has 0 aliphatic rings. The molecule has 0 bridgehead atoms. The molecule has 0 spiro atoms. The Hall–Kier alpha value is -1.95. The highest BCUT2D eigenvalue weighted by Crippen LogP contribution is 2.30. The Morgan fingerprint density at radius 3 is 2.81 bits per heavy atom. The van der Waals surface area contributed by atoms with E-state index in [1.807, 2.05) is 18.4 Å². The minimum atomic E-state index is -0.381. The van der Waals surface area contributed by atoms with Crippen molar-refractivity contribution in [2.24, 2.45) is 4.99 Å². The van der Waals surface area contributed by atoms with Crippen LogP contribution in [0.3, 0.4) is 0 Å². The molecule has 2 heterocycles. The summed E-state index contributed by atoms with van der Waals surface area (Å²) in [6.45, 7) is 12.0. The van der Waals surface area contributed by atoms with E-state index in [2.05, 4.69) is 29.7 Å². The van der Waals surface area contributed by atoms with E-state index in [-0.39, 0.29) is 5.97 Å². The second-order valence-electron chi connectivity index (χ2n) is 4.72. The number of rotatable bonds is 5. The van der Waals surface area contributed by atoms with E-state index in [9.17, 15) is 4.79 Å². The summed E-state index contributed by atoms with van der Waals surface area (Å²) in [4.78, 5) is 21.5. The van der Waals surface area contributed by atoms with Crippen molar-refractivity contribution in [2.45, 2.75) is 34.2 Å². The van der Waals surface area contributed by atoms with Gasteiger partial charge in [0, 0.05) is 10.4 Å². The zero-order chi connectivity index (χ0) is 15.6. The summed E-state index contributed by atoms with van der Waals surface area (Å²) in [5, 5.41) is 1.04. The van der Waals surface area contributed by atoms with Crippen LogP contribution in [-0.4, -0.2) is 28.8 Å². The molecular formula is C15H19N3O2S. The van der Waals surface area contributed by atoms with Crippen LogP contribution in [0.2, 0.25) is 0 Å². The van der Waals surface area contributed by atoms with Gasteiger partial charge < -0.3 is 4.74 Å². The number of aryl methyl sites for hydroxylation is 2. The molecule has 0 fully saturated rings. The van der Waals surface area contributed by atoms with Gasteiger partial charge in [0.15, 0.2) is 5.69 Å². The second-order valence-corrected chi connectivity index (χ2v) is 5.95. The summed E-state index contributed by atoms with van der Waals surface area (Å²) >= 11 is 1.66. The van der Waals surface area contributed by atoms with E-state index in [0.717, 1.165) is 22.1 Å². The highest BCUT2D eigenvalue weighted by Gasteiger charge is 2.21. The smallest absolute Gasteiger partial charge is 0.358 e. The zero-order valence-electron chi connectivity index (χ0n) is 12.8. The first-order valence-electron chi connectivity index (χ1n) is 6.74. The lowest BCUT2D eigenvalue weighted by Crippen LogP contribution is -2.07. The predicted octanol–water partition coefficient (Wildman–Crippen LogP) is 3.24. The fourth-order valence-electron chi connectivity index (χ4n) is 2.31. The lowest BCUT2D eigenvalue weighted by Gasteiger charge is -2.08. The number of esters is 1. The third-order valence-corrected chi connectivity index (χ3v) is 4.22. The van der Waals surface area contributed by atoms with Gasteiger partial charge in [0.1, 0.15) is 10.8 Å². The van der Waals surface area contributed by atoms with Crippen LogP contribution >= 0.6 is 11.3 Å². The standard InChI is InChI=1S/C15H19N3O2S/c1-6-20-15(19)13-10(3)18(11(4)17-13)14-12(8-16-5)7-9(2)21-14/h7H,5-6,8H2,1-4H3. The van der Waals surface area contributed by atoms with Crippen molar-refractivity contribution in [2.75, 3.05) is 6.61 Å². The number of carbonyl (C=O) groups excluding carboxylic acids is 1. The maximum Gasteiger partial charge on any atom is 0.358 e. The number of aliphatic imine (C=N–C) groups is 1. The summed E-state index contributed by atoms with van der Waals surface area (Å²) < 4.78 is 7.05. The van der Waals surface area contributed by atoms with Crippen LogP contribution in [0, 0.1) is 20.8 Å². The Kier molecular flexibility index (Phi) is 4.57. The number of hydrogen-bond acceptors (Lipinski definition) is 5. The Morgan fingerprint density at radius 2 is 2.19 bits per heavy atom. The summed E-state index contributed by atoms with van der Waals surface area (Å²) in [6.07, 6.45) is 0. The maximum absolute atomic E-state index is 12.0. The molecular weight excluding hydrogens is 286 g/mol. The molecule has 5 nitrogen and oxygen atoms in total. The average Bonchev–Trinajstić information content (AvgIpc) is 2.91. The number of hydrogen-bond donors (Lipinski definition) is 0. The monoisotopic (exact) mass is 305 g/mol. The number of thiophene rings is 1. The molecule has 0 aliphatic carbocycles. The number of nitrogens with zero attached hydrogens (tertiary/aromatic N) is 3. The topological polar surface area (TPSA) is 56.5 Å². The van der Waals surface area contributed by atoms with E-state index >= 15 is 0 Å². The first kappa shape index (κ1) is 15.4. The van der Waals surface area contributed by atoms with E-state index in [1.54, 1.807) is 18.3 Å². The lowest BCUT2D eigenvalue weighted by atomic mass is 10.3. The number of ether oxygens (including phenoxy) is 1. The molecule has 21 heavy (non-hydrogen) atoms. The molecule has 0 saturated heterocycles. The van der Waals surface area contributed by atoms with Crippen molar-refractivity contribution < 1.29 is 9.53 Å². The van der Waals surface area contributed by atoms with Crippen molar-refractivity contribution in [3.05, 3.63) is 33.7 Å². The molecule has 0 N–H and O–H groups in total. The summed E-state index contributed by atoms with van der Waals surface area (Å²) in [5.41, 5.74) is 2.25. The molecule has 0 amide bonds. The second kappa shape index (κ2) is 6.22. The van der Waals surface area contributed by atoms with Crippen molar-refractivity contribution in [3.63, 3.8) is 0 Å². The molecule has 0 aliphatic heterocycles. The van der Waals surface area contributed by atoms with Gasteiger partial charge in [-0.2, -0.15) is 0 Å². The highest BCUT2D eigenvalue weighted by atomic mass is 32.1. The van der Waals surface area contributed by atoms with Gasteiger partial charge in [-0.15, -0.1) is 11.3 Å². The van der Waals surface area contributed by atoms with Crippen LogP contribution in [0.5, 0.6) is 0 Å². The van der Waals surface area contributed by atoms with Gasteiger partial charge in [-0.25, -0.2) is 9.78 Å². The third-order valence-electron chi connectivity index (χ3n) is 3.14. The lowest BCUT2D eigenvalue weighted by molar-refractivity contribution is 0.0519. The fourth-order valence-corrected chi connectivity index (χ4v) is 3.43. The van der Waals surface area contributed by atoms with Crippen LogP contribution in [-0.2, 0) is 11.3 Å². The molecule has 0 saturated carbocycles. The van der Waals surface area contributed by atoms with E-state index in [4.69, 9.17) is 4.74 Å². The first-order valence-corrected chi connectivity index (χ1v) is 7.56. The summed E-state index contributed by atoms with van der Waals surface area (Å²) in [5.74, 6) is 0.385. The zero-order valence-corrected chi connectivity index (χ0v) is 13.6. The van der Waals surface area contributed by atoms with E-state index in [0.29, 0.717) is 18.8 Å². The van der Waals surface area contributed by atoms with Gasteiger partial charge in [0.05, 0.1) is 18.8 Å². The van der Waals surface area contributed by atoms with Crippen molar-refractivity contribution in [1.29, 1.82) is 0 Å². The largest absolute Gasteiger partial charge is 0.461 e. The minimum absolute atomic E-state index is 0.341. The fraction of sp³-hybridized carbons (Fsp3) is 0.400. The van der Waals surface area contributed by atoms with Crippen LogP contribution in [0.25, 0.3) is 5.00 Å². The maximum atomic E-state index is 12.0. The van der Waals surface area contributed by atoms with Gasteiger partial charge in [-0.3, -0.25) is 9.56 Å². The average molecular weight is 305 g/mol. The van der Waals surface area contributed by atoms with Crippen LogP contribution in [0.4, 0.5) is 0 Å². The molecule has 0 aromatic carbocycles. The number of carbonyl (C=O) groups is 1. The Bertz CT molecular complexity index is 685. The van der Waals surface area contributed by atoms with Gasteiger partial charge >= 0.3 is 5.97 Å². The van der Waals surface area contributed by atoms with E-state index in [1.165, 1.54) is 4.88 Å². The molecule has 0 unspecified atom stereocenters. The normalized spacial score (nSPS) is 10.7. The third kappa shape index (κ3) is 2.90. The summed E-state index contributed by atoms with van der Waals surface area (Å²) in [7, 11) is 0. The van der Waals surface area contributed by atoms with Crippen molar-refractivity contribution in [3.8, 4) is 5.00 Å². The molecule has 2 rings (SSSR count). The molecule has 2 aromatic rings. The molecule has 2 aromatic heterocycles. The van der Waals surface area contributed by atoms with Gasteiger partial charge in [-0.05, 0) is 40.5 Å². The predicted molar refractivity (Wildman–Crippen MR) is 84.9 cm³/mol. The molecule has 0 radical (unpaired) electrons. The van der Waals surface area contributed by atoms with Gasteiger partial charge in [0.2, 0.25) is 0 Å². The highest BCUT2D eigenvalue weighted by molar-refractivity contribution is 7.14. The minimum Gasteiger partial charge on any atom is -0.461 e. The van der Waals surface area contributed by atoms with E-state index < -0.39 is 0 Å².